The van der Waals surface area contributed by atoms with Crippen molar-refractivity contribution in [2.24, 2.45) is 4.40 Å². The number of benzene rings is 2. The Kier molecular flexibility index (Phi) is 5.60. The van der Waals surface area contributed by atoms with Crippen LogP contribution in [0.15, 0.2) is 51.8 Å². The van der Waals surface area contributed by atoms with Gasteiger partial charge in [-0.15, -0.1) is 4.40 Å². The number of ether oxygens (including phenoxy) is 1. The van der Waals surface area contributed by atoms with Crippen molar-refractivity contribution < 1.29 is 13.2 Å². The highest BCUT2D eigenvalue weighted by Crippen LogP contribution is 2.22. The zero-order chi connectivity index (χ0) is 18.7. The number of fused-ring (bicyclic) bond motifs is 1. The Labute approximate surface area is 157 Å². The van der Waals surface area contributed by atoms with Crippen molar-refractivity contribution in [2.75, 3.05) is 13.2 Å². The summed E-state index contributed by atoms with van der Waals surface area (Å²) in [4.78, 5) is 0.662. The Morgan fingerprint density at radius 3 is 2.50 bits per heavy atom. The van der Waals surface area contributed by atoms with Crippen molar-refractivity contribution in [3.63, 3.8) is 0 Å². The van der Waals surface area contributed by atoms with Gasteiger partial charge in [0.15, 0.2) is 0 Å². The van der Waals surface area contributed by atoms with Crippen LogP contribution in [0.3, 0.4) is 0 Å². The molecule has 0 amide bonds. The predicted octanol–water partition coefficient (Wildman–Crippen LogP) is 3.65. The molecule has 1 aromatic heterocycles. The summed E-state index contributed by atoms with van der Waals surface area (Å²) in [5, 5.41) is 0. The Balaban J connectivity index is 2.19. The van der Waals surface area contributed by atoms with Gasteiger partial charge in [-0.3, -0.25) is 0 Å². The molecular weight excluding hydrogens is 368 g/mol. The van der Waals surface area contributed by atoms with Crippen molar-refractivity contribution >= 4 is 31.6 Å². The highest BCUT2D eigenvalue weighted by molar-refractivity contribution is 7.90. The second kappa shape index (κ2) is 7.73. The number of aromatic nitrogens is 1. The van der Waals surface area contributed by atoms with Crippen LogP contribution in [-0.2, 0) is 21.3 Å². The molecule has 0 N–H and O–H groups in total. The van der Waals surface area contributed by atoms with Crippen molar-refractivity contribution in [1.82, 2.24) is 4.57 Å². The van der Waals surface area contributed by atoms with Crippen molar-refractivity contribution in [2.45, 2.75) is 32.2 Å². The first-order valence-electron chi connectivity index (χ1n) is 8.47. The quantitative estimate of drug-likeness (QED) is 0.604. The van der Waals surface area contributed by atoms with E-state index in [4.69, 9.17) is 4.74 Å². The molecule has 7 heteroatoms. The van der Waals surface area contributed by atoms with Gasteiger partial charge in [-0.25, -0.2) is 0 Å². The fourth-order valence-electron chi connectivity index (χ4n) is 2.66. The molecule has 0 bridgehead atoms. The summed E-state index contributed by atoms with van der Waals surface area (Å²) in [6, 6.07) is 12.5. The summed E-state index contributed by atoms with van der Waals surface area (Å²) >= 11 is 1.39. The molecule has 0 saturated heterocycles. The predicted molar refractivity (Wildman–Crippen MR) is 105 cm³/mol. The average Bonchev–Trinajstić information content (AvgIpc) is 2.92. The van der Waals surface area contributed by atoms with Crippen molar-refractivity contribution in [1.29, 1.82) is 0 Å². The van der Waals surface area contributed by atoms with Crippen LogP contribution < -0.4 is 4.80 Å². The van der Waals surface area contributed by atoms with Crippen LogP contribution in [0.1, 0.15) is 18.1 Å². The van der Waals surface area contributed by atoms with E-state index in [0.717, 1.165) is 15.8 Å². The van der Waals surface area contributed by atoms with Crippen LogP contribution in [0.5, 0.6) is 0 Å². The third-order valence-corrected chi connectivity index (χ3v) is 6.64. The van der Waals surface area contributed by atoms with Crippen molar-refractivity contribution in [3.05, 3.63) is 58.4 Å². The van der Waals surface area contributed by atoms with Gasteiger partial charge in [0.25, 0.3) is 10.0 Å². The van der Waals surface area contributed by atoms with E-state index < -0.39 is 10.0 Å². The van der Waals surface area contributed by atoms with Gasteiger partial charge in [-0.1, -0.05) is 29.5 Å². The SMILES string of the molecule is CCOCCn1c(=NS(=O)(=O)c2ccccc2)sc2cc(C)c(C)cc21. The maximum absolute atomic E-state index is 12.7. The summed E-state index contributed by atoms with van der Waals surface area (Å²) in [6.07, 6.45) is 0. The van der Waals surface area contributed by atoms with Crippen LogP contribution in [-0.4, -0.2) is 26.2 Å². The number of rotatable bonds is 6. The second-order valence-corrected chi connectivity index (χ2v) is 8.63. The molecule has 0 saturated carbocycles. The second-order valence-electron chi connectivity index (χ2n) is 6.02. The molecule has 0 fully saturated rings. The first-order chi connectivity index (χ1) is 12.4. The largest absolute Gasteiger partial charge is 0.380 e. The molecule has 0 unspecified atom stereocenters. The first kappa shape index (κ1) is 18.8. The van der Waals surface area contributed by atoms with E-state index in [9.17, 15) is 8.42 Å². The van der Waals surface area contributed by atoms with Crippen LogP contribution in [0.25, 0.3) is 10.2 Å². The number of hydrogen-bond donors (Lipinski definition) is 0. The summed E-state index contributed by atoms with van der Waals surface area (Å²) < 4.78 is 37.9. The molecule has 0 spiro atoms. The molecule has 0 aliphatic carbocycles. The molecule has 0 aliphatic rings. The number of sulfonamides is 1. The van der Waals surface area contributed by atoms with Gasteiger partial charge in [0, 0.05) is 13.2 Å². The molecular formula is C19H22N2O3S2. The molecule has 3 rings (SSSR count). The molecule has 2 aromatic carbocycles. The lowest BCUT2D eigenvalue weighted by Crippen LogP contribution is -2.20. The average molecular weight is 391 g/mol. The van der Waals surface area contributed by atoms with Crippen molar-refractivity contribution in [3.8, 4) is 0 Å². The van der Waals surface area contributed by atoms with Crippen LogP contribution >= 0.6 is 11.3 Å². The number of aryl methyl sites for hydroxylation is 2. The molecule has 0 radical (unpaired) electrons. The standard InChI is InChI=1S/C19H22N2O3S2/c1-4-24-11-10-21-17-12-14(2)15(3)13-18(17)25-19(21)20-26(22,23)16-8-6-5-7-9-16/h5-9,12-13H,4,10-11H2,1-3H3. The zero-order valence-corrected chi connectivity index (χ0v) is 16.7. The maximum Gasteiger partial charge on any atom is 0.285 e. The summed E-state index contributed by atoms with van der Waals surface area (Å²) in [5.41, 5.74) is 3.32. The minimum Gasteiger partial charge on any atom is -0.380 e. The van der Waals surface area contributed by atoms with Gasteiger partial charge in [-0.2, -0.15) is 8.42 Å². The fourth-order valence-corrected chi connectivity index (χ4v) is 5.02. The minimum absolute atomic E-state index is 0.196. The molecule has 3 aromatic rings. The van der Waals surface area contributed by atoms with E-state index >= 15 is 0 Å². The van der Waals surface area contributed by atoms with E-state index in [1.807, 2.05) is 11.5 Å². The Bertz CT molecular complexity index is 1080. The van der Waals surface area contributed by atoms with E-state index in [-0.39, 0.29) is 4.90 Å². The van der Waals surface area contributed by atoms with Gasteiger partial charge < -0.3 is 9.30 Å². The number of hydrogen-bond acceptors (Lipinski definition) is 4. The highest BCUT2D eigenvalue weighted by Gasteiger charge is 2.15. The molecule has 5 nitrogen and oxygen atoms in total. The highest BCUT2D eigenvalue weighted by atomic mass is 32.2. The van der Waals surface area contributed by atoms with Gasteiger partial charge in [0.1, 0.15) is 0 Å². The number of nitrogens with zero attached hydrogens (tertiary/aromatic N) is 2. The Morgan fingerprint density at radius 2 is 1.81 bits per heavy atom. The summed E-state index contributed by atoms with van der Waals surface area (Å²) in [7, 11) is -3.76. The van der Waals surface area contributed by atoms with Crippen LogP contribution in [0.4, 0.5) is 0 Å². The summed E-state index contributed by atoms with van der Waals surface area (Å²) in [5.74, 6) is 0. The lowest BCUT2D eigenvalue weighted by molar-refractivity contribution is 0.139. The molecule has 0 atom stereocenters. The van der Waals surface area contributed by atoms with Crippen LogP contribution in [0.2, 0.25) is 0 Å². The smallest absolute Gasteiger partial charge is 0.285 e. The molecule has 26 heavy (non-hydrogen) atoms. The monoisotopic (exact) mass is 390 g/mol. The van der Waals surface area contributed by atoms with Gasteiger partial charge in [-0.05, 0) is 56.2 Å². The minimum atomic E-state index is -3.76. The molecule has 0 aliphatic heterocycles. The van der Waals surface area contributed by atoms with E-state index in [0.29, 0.717) is 24.6 Å². The maximum atomic E-state index is 12.7. The lowest BCUT2D eigenvalue weighted by Gasteiger charge is -2.07. The first-order valence-corrected chi connectivity index (χ1v) is 10.7. The topological polar surface area (TPSA) is 60.7 Å². The fraction of sp³-hybridized carbons (Fsp3) is 0.316. The molecule has 138 valence electrons. The Morgan fingerprint density at radius 1 is 1.12 bits per heavy atom. The van der Waals surface area contributed by atoms with Gasteiger partial charge in [0.2, 0.25) is 4.80 Å². The molecule has 1 heterocycles. The zero-order valence-electron chi connectivity index (χ0n) is 15.1. The van der Waals surface area contributed by atoms with Gasteiger partial charge >= 0.3 is 0 Å². The van der Waals surface area contributed by atoms with Gasteiger partial charge in [0.05, 0.1) is 21.7 Å². The Hall–Kier alpha value is -1.96. The van der Waals surface area contributed by atoms with E-state index in [1.165, 1.54) is 16.9 Å². The third kappa shape index (κ3) is 3.90. The van der Waals surface area contributed by atoms with E-state index in [1.54, 1.807) is 30.3 Å². The van der Waals surface area contributed by atoms with Crippen LogP contribution in [0, 0.1) is 13.8 Å². The third-order valence-electron chi connectivity index (χ3n) is 4.20. The normalized spacial score (nSPS) is 12.8. The summed E-state index contributed by atoms with van der Waals surface area (Å²) in [6.45, 7) is 7.73. The number of thiazole rings is 1. The van der Waals surface area contributed by atoms with E-state index in [2.05, 4.69) is 30.4 Å². The lowest BCUT2D eigenvalue weighted by atomic mass is 10.1.